The predicted molar refractivity (Wildman–Crippen MR) is 113 cm³/mol. The quantitative estimate of drug-likeness (QED) is 0.395. The highest BCUT2D eigenvalue weighted by molar-refractivity contribution is 9.10. The molecule has 0 heterocycles. The van der Waals surface area contributed by atoms with E-state index in [1.54, 1.807) is 6.07 Å². The van der Waals surface area contributed by atoms with Crippen LogP contribution in [0, 0.1) is 0 Å². The van der Waals surface area contributed by atoms with Gasteiger partial charge >= 0.3 is 0 Å². The van der Waals surface area contributed by atoms with Crippen LogP contribution in [0.5, 0.6) is 11.5 Å². The van der Waals surface area contributed by atoms with Gasteiger partial charge < -0.3 is 9.84 Å². The number of aromatic hydroxyl groups is 1. The number of hydrazone groups is 1. The molecule has 5 nitrogen and oxygen atoms in total. The van der Waals surface area contributed by atoms with E-state index in [0.717, 1.165) is 11.1 Å². The molecule has 2 N–H and O–H groups in total. The topological polar surface area (TPSA) is 70.9 Å². The summed E-state index contributed by atoms with van der Waals surface area (Å²) in [6.45, 7) is 0.413. The van der Waals surface area contributed by atoms with Crippen molar-refractivity contribution in [1.82, 2.24) is 5.43 Å². The van der Waals surface area contributed by atoms with E-state index in [9.17, 15) is 9.90 Å². The molecule has 0 unspecified atom stereocenters. The third-order valence-corrected chi connectivity index (χ3v) is 4.51. The van der Waals surface area contributed by atoms with Gasteiger partial charge in [-0.05, 0) is 53.6 Å². The smallest absolute Gasteiger partial charge is 0.275 e. The fourth-order valence-corrected chi connectivity index (χ4v) is 2.83. The highest BCUT2D eigenvalue weighted by Crippen LogP contribution is 2.21. The first kappa shape index (κ1) is 19.9. The molecule has 0 saturated carbocycles. The van der Waals surface area contributed by atoms with Gasteiger partial charge in [0, 0.05) is 9.50 Å². The molecule has 0 radical (unpaired) electrons. The third kappa shape index (κ3) is 5.58. The minimum Gasteiger partial charge on any atom is -0.507 e. The highest BCUT2D eigenvalue weighted by atomic mass is 79.9. The number of nitrogens with one attached hydrogen (secondary N) is 1. The average Bonchev–Trinajstić information content (AvgIpc) is 2.69. The van der Waals surface area contributed by atoms with E-state index < -0.39 is 5.91 Å². The largest absolute Gasteiger partial charge is 0.507 e. The van der Waals surface area contributed by atoms with Gasteiger partial charge in [0.15, 0.2) is 0 Å². The summed E-state index contributed by atoms with van der Waals surface area (Å²) in [5.74, 6) is 0.0496. The van der Waals surface area contributed by atoms with Crippen LogP contribution in [0.4, 0.5) is 0 Å². The third-order valence-electron chi connectivity index (χ3n) is 3.76. The zero-order chi connectivity index (χ0) is 19.9. The number of phenols is 1. The van der Waals surface area contributed by atoms with Crippen LogP contribution in [0.2, 0.25) is 5.02 Å². The first-order chi connectivity index (χ1) is 13.5. The maximum atomic E-state index is 12.1. The number of rotatable bonds is 6. The molecule has 0 bridgehead atoms. The van der Waals surface area contributed by atoms with Crippen LogP contribution in [0.15, 0.2) is 76.3 Å². The van der Waals surface area contributed by atoms with Crippen molar-refractivity contribution in [3.05, 3.63) is 92.9 Å². The lowest BCUT2D eigenvalue weighted by Gasteiger charge is -2.07. The van der Waals surface area contributed by atoms with Crippen molar-refractivity contribution < 1.29 is 14.6 Å². The second-order valence-electron chi connectivity index (χ2n) is 5.85. The Kier molecular flexibility index (Phi) is 6.68. The van der Waals surface area contributed by atoms with Gasteiger partial charge in [0.25, 0.3) is 5.91 Å². The number of amides is 1. The molecule has 0 aliphatic heterocycles. The van der Waals surface area contributed by atoms with E-state index in [2.05, 4.69) is 26.5 Å². The van der Waals surface area contributed by atoms with Crippen molar-refractivity contribution in [3.63, 3.8) is 0 Å². The van der Waals surface area contributed by atoms with Gasteiger partial charge in [-0.15, -0.1) is 0 Å². The normalized spacial score (nSPS) is 10.8. The number of carbonyl (C=O) groups is 1. The maximum absolute atomic E-state index is 12.1. The van der Waals surface area contributed by atoms with Crippen molar-refractivity contribution in [2.45, 2.75) is 6.61 Å². The predicted octanol–water partition coefficient (Wildman–Crippen LogP) is 5.15. The molecule has 28 heavy (non-hydrogen) atoms. The molecule has 7 heteroatoms. The fourth-order valence-electron chi connectivity index (χ4n) is 2.35. The first-order valence-corrected chi connectivity index (χ1v) is 9.47. The van der Waals surface area contributed by atoms with Crippen molar-refractivity contribution in [2.75, 3.05) is 0 Å². The lowest BCUT2D eigenvalue weighted by molar-refractivity contribution is 0.0952. The molecule has 3 aromatic carbocycles. The highest BCUT2D eigenvalue weighted by Gasteiger charge is 2.10. The van der Waals surface area contributed by atoms with E-state index >= 15 is 0 Å². The molecule has 0 aromatic heterocycles. The molecule has 0 aliphatic rings. The van der Waals surface area contributed by atoms with Crippen LogP contribution >= 0.6 is 27.5 Å². The van der Waals surface area contributed by atoms with Gasteiger partial charge in [-0.25, -0.2) is 5.43 Å². The van der Waals surface area contributed by atoms with Crippen LogP contribution in [0.1, 0.15) is 21.5 Å². The number of halogens is 2. The van der Waals surface area contributed by atoms with E-state index in [-0.39, 0.29) is 11.3 Å². The zero-order valence-corrected chi connectivity index (χ0v) is 16.9. The molecular weight excluding hydrogens is 444 g/mol. The van der Waals surface area contributed by atoms with Crippen molar-refractivity contribution in [2.24, 2.45) is 5.10 Å². The summed E-state index contributed by atoms with van der Waals surface area (Å²) < 4.78 is 6.45. The van der Waals surface area contributed by atoms with Crippen LogP contribution in [-0.4, -0.2) is 17.2 Å². The summed E-state index contributed by atoms with van der Waals surface area (Å²) in [6.07, 6.45) is 1.50. The Labute approximate surface area is 175 Å². The Bertz CT molecular complexity index is 1010. The number of nitrogens with zero attached hydrogens (tertiary/aromatic N) is 1. The van der Waals surface area contributed by atoms with Gasteiger partial charge in [-0.2, -0.15) is 5.10 Å². The van der Waals surface area contributed by atoms with Crippen molar-refractivity contribution >= 4 is 39.7 Å². The Balaban J connectivity index is 1.59. The van der Waals surface area contributed by atoms with E-state index in [1.165, 1.54) is 18.3 Å². The molecule has 0 aliphatic carbocycles. The summed E-state index contributed by atoms with van der Waals surface area (Å²) in [6, 6.07) is 19.3. The Hall–Kier alpha value is -2.83. The summed E-state index contributed by atoms with van der Waals surface area (Å²) in [5.41, 5.74) is 4.29. The van der Waals surface area contributed by atoms with Crippen LogP contribution in [-0.2, 0) is 6.61 Å². The van der Waals surface area contributed by atoms with Crippen molar-refractivity contribution in [3.8, 4) is 11.5 Å². The minimum atomic E-state index is -0.509. The van der Waals surface area contributed by atoms with Gasteiger partial charge in [-0.3, -0.25) is 4.79 Å². The Morgan fingerprint density at radius 3 is 2.71 bits per heavy atom. The molecule has 3 aromatic rings. The summed E-state index contributed by atoms with van der Waals surface area (Å²) in [5, 5.41) is 14.4. The summed E-state index contributed by atoms with van der Waals surface area (Å²) in [4.78, 5) is 12.1. The molecule has 142 valence electrons. The molecule has 1 amide bonds. The molecule has 3 rings (SSSR count). The van der Waals surface area contributed by atoms with Gasteiger partial charge in [0.05, 0.1) is 11.8 Å². The Morgan fingerprint density at radius 2 is 1.93 bits per heavy atom. The number of hydrogen-bond donors (Lipinski definition) is 2. The fraction of sp³-hybridized carbons (Fsp3) is 0.0476. The van der Waals surface area contributed by atoms with E-state index in [4.69, 9.17) is 16.3 Å². The molecule has 0 fully saturated rings. The molecule has 0 atom stereocenters. The number of hydrogen-bond acceptors (Lipinski definition) is 4. The number of benzene rings is 3. The van der Waals surface area contributed by atoms with E-state index in [1.807, 2.05) is 48.5 Å². The van der Waals surface area contributed by atoms with Gasteiger partial charge in [0.1, 0.15) is 18.1 Å². The number of ether oxygens (including phenoxy) is 1. The standard InChI is InChI=1S/C21H16BrClN2O3/c22-16-6-9-20(26)19(11-16)21(27)25-24-12-15-2-1-3-18(10-15)28-13-14-4-7-17(23)8-5-14/h1-12,26H,13H2,(H,25,27)/b24-12+. The lowest BCUT2D eigenvalue weighted by atomic mass is 10.2. The number of carbonyl (C=O) groups excluding carboxylic acids is 1. The lowest BCUT2D eigenvalue weighted by Crippen LogP contribution is -2.17. The minimum absolute atomic E-state index is 0.117. The van der Waals surface area contributed by atoms with Crippen LogP contribution in [0.3, 0.4) is 0 Å². The van der Waals surface area contributed by atoms with E-state index in [0.29, 0.717) is 21.9 Å². The first-order valence-electron chi connectivity index (χ1n) is 8.30. The van der Waals surface area contributed by atoms with Crippen LogP contribution < -0.4 is 10.2 Å². The second-order valence-corrected chi connectivity index (χ2v) is 7.20. The summed E-state index contributed by atoms with van der Waals surface area (Å²) >= 11 is 9.14. The maximum Gasteiger partial charge on any atom is 0.275 e. The average molecular weight is 460 g/mol. The SMILES string of the molecule is O=C(N/N=C/c1cccc(OCc2ccc(Cl)cc2)c1)c1cc(Br)ccc1O. The number of phenolic OH excluding ortho intramolecular Hbond substituents is 1. The summed E-state index contributed by atoms with van der Waals surface area (Å²) in [7, 11) is 0. The van der Waals surface area contributed by atoms with Gasteiger partial charge in [-0.1, -0.05) is 51.8 Å². The van der Waals surface area contributed by atoms with Crippen molar-refractivity contribution in [1.29, 1.82) is 0 Å². The second kappa shape index (κ2) is 9.39. The molecule has 0 saturated heterocycles. The zero-order valence-electron chi connectivity index (χ0n) is 14.6. The van der Waals surface area contributed by atoms with Crippen LogP contribution in [0.25, 0.3) is 0 Å². The molecule has 0 spiro atoms. The Morgan fingerprint density at radius 1 is 1.14 bits per heavy atom. The van der Waals surface area contributed by atoms with Gasteiger partial charge in [0.2, 0.25) is 0 Å². The monoisotopic (exact) mass is 458 g/mol. The molecular formula is C21H16BrClN2O3.